The first-order chi connectivity index (χ1) is 14.8. The Bertz CT molecular complexity index is 1150. The molecule has 0 radical (unpaired) electrons. The van der Waals surface area contributed by atoms with Gasteiger partial charge >= 0.3 is 0 Å². The normalized spacial score (nSPS) is 12.0. The molecule has 162 valence electrons. The lowest BCUT2D eigenvalue weighted by Gasteiger charge is -2.17. The standard InChI is InChI=1S/C22H22FN3O4S/c1-15(22(27)25-20-5-3-4-6-21(20)30-2)24-17-9-11-18(12-10-17)26-31(28,29)19-13-7-16(23)8-14-19/h3-15,24,26H,1-2H3,(H,25,27)/t15-/m1/s1. The lowest BCUT2D eigenvalue weighted by molar-refractivity contribution is -0.116. The van der Waals surface area contributed by atoms with E-state index in [0.717, 1.165) is 12.1 Å². The number of hydrogen-bond acceptors (Lipinski definition) is 5. The molecule has 3 aromatic rings. The highest BCUT2D eigenvalue weighted by molar-refractivity contribution is 7.92. The van der Waals surface area contributed by atoms with Crippen LogP contribution in [0.1, 0.15) is 6.92 Å². The summed E-state index contributed by atoms with van der Waals surface area (Å²) in [4.78, 5) is 12.4. The van der Waals surface area contributed by atoms with E-state index in [1.54, 1.807) is 49.4 Å². The zero-order chi connectivity index (χ0) is 22.4. The van der Waals surface area contributed by atoms with Crippen LogP contribution in [0.3, 0.4) is 0 Å². The average molecular weight is 444 g/mol. The number of halogens is 1. The van der Waals surface area contributed by atoms with Crippen molar-refractivity contribution in [3.63, 3.8) is 0 Å². The van der Waals surface area contributed by atoms with E-state index >= 15 is 0 Å². The topological polar surface area (TPSA) is 96.5 Å². The molecule has 3 N–H and O–H groups in total. The third-order valence-corrected chi connectivity index (χ3v) is 5.80. The van der Waals surface area contributed by atoms with Crippen molar-refractivity contribution < 1.29 is 22.3 Å². The van der Waals surface area contributed by atoms with E-state index in [4.69, 9.17) is 4.74 Å². The Hall–Kier alpha value is -3.59. The number of para-hydroxylation sites is 2. The van der Waals surface area contributed by atoms with E-state index in [-0.39, 0.29) is 10.8 Å². The highest BCUT2D eigenvalue weighted by atomic mass is 32.2. The number of amides is 1. The summed E-state index contributed by atoms with van der Waals surface area (Å²) in [6, 6.07) is 17.5. The molecule has 3 aromatic carbocycles. The van der Waals surface area contributed by atoms with E-state index in [1.807, 2.05) is 6.07 Å². The maximum Gasteiger partial charge on any atom is 0.261 e. The second-order valence-electron chi connectivity index (χ2n) is 6.69. The number of carbonyl (C=O) groups excluding carboxylic acids is 1. The Morgan fingerprint density at radius 1 is 0.935 bits per heavy atom. The minimum atomic E-state index is -3.83. The van der Waals surface area contributed by atoms with Gasteiger partial charge in [-0.3, -0.25) is 9.52 Å². The third-order valence-electron chi connectivity index (χ3n) is 4.40. The van der Waals surface area contributed by atoms with Crippen LogP contribution in [-0.4, -0.2) is 27.5 Å². The van der Waals surface area contributed by atoms with Gasteiger partial charge in [0.25, 0.3) is 10.0 Å². The van der Waals surface area contributed by atoms with Gasteiger partial charge in [0.1, 0.15) is 17.6 Å². The Morgan fingerprint density at radius 3 is 2.19 bits per heavy atom. The molecule has 0 spiro atoms. The number of benzene rings is 3. The molecular formula is C22H22FN3O4S. The number of ether oxygens (including phenoxy) is 1. The smallest absolute Gasteiger partial charge is 0.261 e. The van der Waals surface area contributed by atoms with Crippen molar-refractivity contribution in [3.8, 4) is 5.75 Å². The van der Waals surface area contributed by atoms with Gasteiger partial charge in [0, 0.05) is 11.4 Å². The van der Waals surface area contributed by atoms with Crippen LogP contribution in [0.5, 0.6) is 5.75 Å². The first-order valence-corrected chi connectivity index (χ1v) is 10.9. The molecule has 9 heteroatoms. The van der Waals surface area contributed by atoms with Gasteiger partial charge in [0.05, 0.1) is 17.7 Å². The number of rotatable bonds is 8. The molecular weight excluding hydrogens is 421 g/mol. The Balaban J connectivity index is 1.62. The zero-order valence-corrected chi connectivity index (χ0v) is 17.7. The van der Waals surface area contributed by atoms with Crippen molar-refractivity contribution in [3.05, 3.63) is 78.6 Å². The van der Waals surface area contributed by atoms with Gasteiger partial charge in [-0.1, -0.05) is 12.1 Å². The molecule has 0 aliphatic carbocycles. The fourth-order valence-electron chi connectivity index (χ4n) is 2.77. The van der Waals surface area contributed by atoms with Crippen LogP contribution in [0.25, 0.3) is 0 Å². The number of hydrogen-bond donors (Lipinski definition) is 3. The molecule has 1 amide bonds. The fraction of sp³-hybridized carbons (Fsp3) is 0.136. The Labute approximate surface area is 180 Å². The first kappa shape index (κ1) is 22.1. The van der Waals surface area contributed by atoms with Crippen molar-refractivity contribution >= 4 is 33.0 Å². The maximum absolute atomic E-state index is 13.0. The molecule has 0 bridgehead atoms. The zero-order valence-electron chi connectivity index (χ0n) is 16.9. The van der Waals surface area contributed by atoms with Crippen molar-refractivity contribution in [2.75, 3.05) is 22.5 Å². The molecule has 1 atom stereocenters. The summed E-state index contributed by atoms with van der Waals surface area (Å²) in [5.74, 6) is -0.218. The molecule has 0 saturated carbocycles. The monoisotopic (exact) mass is 443 g/mol. The highest BCUT2D eigenvalue weighted by Gasteiger charge is 2.16. The summed E-state index contributed by atoms with van der Waals surface area (Å²) >= 11 is 0. The maximum atomic E-state index is 13.0. The quantitative estimate of drug-likeness (QED) is 0.488. The second kappa shape index (κ2) is 9.48. The van der Waals surface area contributed by atoms with Gasteiger partial charge in [-0.25, -0.2) is 12.8 Å². The lowest BCUT2D eigenvalue weighted by atomic mass is 10.2. The molecule has 0 fully saturated rings. The molecule has 0 saturated heterocycles. The van der Waals surface area contributed by atoms with Crippen molar-refractivity contribution in [1.29, 1.82) is 0 Å². The van der Waals surface area contributed by atoms with E-state index in [9.17, 15) is 17.6 Å². The van der Waals surface area contributed by atoms with Gasteiger partial charge in [0.15, 0.2) is 0 Å². The minimum Gasteiger partial charge on any atom is -0.495 e. The second-order valence-corrected chi connectivity index (χ2v) is 8.37. The predicted molar refractivity (Wildman–Crippen MR) is 118 cm³/mol. The Kier molecular flexibility index (Phi) is 6.76. The van der Waals surface area contributed by atoms with Gasteiger partial charge in [-0.2, -0.15) is 0 Å². The van der Waals surface area contributed by atoms with Gasteiger partial charge in [-0.05, 0) is 67.6 Å². The summed E-state index contributed by atoms with van der Waals surface area (Å²) < 4.78 is 45.4. The summed E-state index contributed by atoms with van der Waals surface area (Å²) in [6.07, 6.45) is 0. The van der Waals surface area contributed by atoms with E-state index in [2.05, 4.69) is 15.4 Å². The van der Waals surface area contributed by atoms with Gasteiger partial charge < -0.3 is 15.4 Å². The number of carbonyl (C=O) groups is 1. The molecule has 0 aliphatic rings. The number of nitrogens with one attached hydrogen (secondary N) is 3. The third kappa shape index (κ3) is 5.73. The summed E-state index contributed by atoms with van der Waals surface area (Å²) in [5.41, 5.74) is 1.53. The van der Waals surface area contributed by atoms with Crippen LogP contribution in [-0.2, 0) is 14.8 Å². The van der Waals surface area contributed by atoms with E-state index in [1.165, 1.54) is 19.2 Å². The average Bonchev–Trinajstić information content (AvgIpc) is 2.75. The molecule has 7 nitrogen and oxygen atoms in total. The molecule has 0 aromatic heterocycles. The van der Waals surface area contributed by atoms with Crippen LogP contribution in [0.15, 0.2) is 77.7 Å². The molecule has 3 rings (SSSR count). The van der Waals surface area contributed by atoms with Gasteiger partial charge in [-0.15, -0.1) is 0 Å². The van der Waals surface area contributed by atoms with Crippen LogP contribution >= 0.6 is 0 Å². The molecule has 0 heterocycles. The molecule has 0 unspecified atom stereocenters. The fourth-order valence-corrected chi connectivity index (χ4v) is 3.83. The summed E-state index contributed by atoms with van der Waals surface area (Å²) in [7, 11) is -2.31. The first-order valence-electron chi connectivity index (χ1n) is 9.37. The van der Waals surface area contributed by atoms with Crippen LogP contribution < -0.4 is 20.1 Å². The van der Waals surface area contributed by atoms with E-state index in [0.29, 0.717) is 22.8 Å². The summed E-state index contributed by atoms with van der Waals surface area (Å²) in [6.45, 7) is 1.70. The van der Waals surface area contributed by atoms with Gasteiger partial charge in [0.2, 0.25) is 5.91 Å². The van der Waals surface area contributed by atoms with Crippen molar-refractivity contribution in [2.24, 2.45) is 0 Å². The van der Waals surface area contributed by atoms with E-state index < -0.39 is 21.9 Å². The van der Waals surface area contributed by atoms with Crippen molar-refractivity contribution in [2.45, 2.75) is 17.9 Å². The largest absolute Gasteiger partial charge is 0.495 e. The molecule has 0 aliphatic heterocycles. The van der Waals surface area contributed by atoms with Crippen molar-refractivity contribution in [1.82, 2.24) is 0 Å². The van der Waals surface area contributed by atoms with Crippen LogP contribution in [0, 0.1) is 5.82 Å². The number of sulfonamides is 1. The molecule has 31 heavy (non-hydrogen) atoms. The lowest BCUT2D eigenvalue weighted by Crippen LogP contribution is -2.32. The van der Waals surface area contributed by atoms with Crippen LogP contribution in [0.4, 0.5) is 21.5 Å². The number of methoxy groups -OCH3 is 1. The minimum absolute atomic E-state index is 0.0438. The predicted octanol–water partition coefficient (Wildman–Crippen LogP) is 4.07. The SMILES string of the molecule is COc1ccccc1NC(=O)[C@@H](C)Nc1ccc(NS(=O)(=O)c2ccc(F)cc2)cc1. The number of anilines is 3. The van der Waals surface area contributed by atoms with Crippen LogP contribution in [0.2, 0.25) is 0 Å². The summed E-state index contributed by atoms with van der Waals surface area (Å²) in [5, 5.41) is 5.86. The highest BCUT2D eigenvalue weighted by Crippen LogP contribution is 2.24. The Morgan fingerprint density at radius 2 is 1.55 bits per heavy atom.